The van der Waals surface area contributed by atoms with Gasteiger partial charge in [-0.1, -0.05) is 28.1 Å². The van der Waals surface area contributed by atoms with Gasteiger partial charge in [0.05, 0.1) is 0 Å². The highest BCUT2D eigenvalue weighted by Gasteiger charge is 2.56. The zero-order valence-electron chi connectivity index (χ0n) is 12.4. The number of hydrogen-bond acceptors (Lipinski definition) is 3. The molecule has 0 amide bonds. The van der Waals surface area contributed by atoms with Gasteiger partial charge in [-0.25, -0.2) is 4.79 Å². The number of carboxylic acids is 1. The third-order valence-electron chi connectivity index (χ3n) is 3.62. The molecule has 4 nitrogen and oxygen atoms in total. The minimum Gasteiger partial charge on any atom is -0.598 e. The van der Waals surface area contributed by atoms with Crippen LogP contribution in [-0.4, -0.2) is 20.4 Å². The van der Waals surface area contributed by atoms with Crippen molar-refractivity contribution in [3.8, 4) is 0 Å². The van der Waals surface area contributed by atoms with E-state index < -0.39 is 27.6 Å². The Hall–Kier alpha value is -0.560. The van der Waals surface area contributed by atoms with Crippen molar-refractivity contribution in [1.82, 2.24) is 4.72 Å². The second-order valence-corrected chi connectivity index (χ2v) is 9.26. The number of aliphatic carboxylic acids is 1. The predicted molar refractivity (Wildman–Crippen MR) is 87.2 cm³/mol. The smallest absolute Gasteiger partial charge is 0.333 e. The summed E-state index contributed by atoms with van der Waals surface area (Å²) in [6.07, 6.45) is 1.65. The Balaban J connectivity index is 2.46. The van der Waals surface area contributed by atoms with Crippen LogP contribution in [0.1, 0.15) is 39.2 Å². The minimum atomic E-state index is -1.46. The Labute approximate surface area is 136 Å². The number of carbonyl (C=O) groups is 1. The van der Waals surface area contributed by atoms with Crippen molar-refractivity contribution in [2.24, 2.45) is 5.92 Å². The van der Waals surface area contributed by atoms with Crippen LogP contribution in [0.15, 0.2) is 28.7 Å². The summed E-state index contributed by atoms with van der Waals surface area (Å²) in [6.45, 7) is 5.49. The van der Waals surface area contributed by atoms with Gasteiger partial charge in [0, 0.05) is 15.8 Å². The lowest BCUT2D eigenvalue weighted by Gasteiger charge is -2.35. The molecule has 1 fully saturated rings. The van der Waals surface area contributed by atoms with Gasteiger partial charge >= 0.3 is 5.97 Å². The molecule has 0 bridgehead atoms. The molecule has 2 N–H and O–H groups in total. The maximum absolute atomic E-state index is 12.5. The van der Waals surface area contributed by atoms with E-state index in [9.17, 15) is 14.5 Å². The number of nitrogens with one attached hydrogen (secondary N) is 1. The highest BCUT2D eigenvalue weighted by atomic mass is 79.9. The molecule has 1 aromatic rings. The van der Waals surface area contributed by atoms with E-state index >= 15 is 0 Å². The van der Waals surface area contributed by atoms with Gasteiger partial charge in [0.15, 0.2) is 5.54 Å². The van der Waals surface area contributed by atoms with Crippen LogP contribution in [0, 0.1) is 5.92 Å². The summed E-state index contributed by atoms with van der Waals surface area (Å²) in [7, 11) is 0. The van der Waals surface area contributed by atoms with E-state index in [4.69, 9.17) is 0 Å². The van der Waals surface area contributed by atoms with Crippen LogP contribution >= 0.6 is 15.9 Å². The lowest BCUT2D eigenvalue weighted by Crippen LogP contribution is -2.57. The van der Waals surface area contributed by atoms with Crippen LogP contribution in [0.3, 0.4) is 0 Å². The molecule has 0 aliphatic heterocycles. The van der Waals surface area contributed by atoms with Gasteiger partial charge in [-0.15, -0.1) is 4.72 Å². The molecule has 0 spiro atoms. The van der Waals surface area contributed by atoms with Gasteiger partial charge in [0.1, 0.15) is 4.75 Å². The predicted octanol–water partition coefficient (Wildman–Crippen LogP) is 3.19. The molecule has 2 atom stereocenters. The monoisotopic (exact) mass is 373 g/mol. The molecule has 2 rings (SSSR count). The van der Waals surface area contributed by atoms with E-state index in [1.165, 1.54) is 0 Å². The number of hydrogen-bond donors (Lipinski definition) is 2. The van der Waals surface area contributed by atoms with Crippen LogP contribution < -0.4 is 4.72 Å². The van der Waals surface area contributed by atoms with Gasteiger partial charge in [-0.05, 0) is 57.2 Å². The average molecular weight is 374 g/mol. The van der Waals surface area contributed by atoms with Gasteiger partial charge in [-0.2, -0.15) is 0 Å². The third kappa shape index (κ3) is 3.44. The lowest BCUT2D eigenvalue weighted by molar-refractivity contribution is -0.145. The zero-order valence-corrected chi connectivity index (χ0v) is 14.8. The molecule has 0 saturated heterocycles. The highest BCUT2D eigenvalue weighted by Crippen LogP contribution is 2.47. The molecule has 0 aromatic heterocycles. The number of carboxylic acid groups (broad SMARTS) is 1. The molecule has 1 aliphatic carbocycles. The topological polar surface area (TPSA) is 72.4 Å². The molecule has 0 radical (unpaired) electrons. The first kappa shape index (κ1) is 16.8. The molecule has 116 valence electrons. The van der Waals surface area contributed by atoms with Gasteiger partial charge in [-0.3, -0.25) is 0 Å². The lowest BCUT2D eigenvalue weighted by atomic mass is 9.86. The fourth-order valence-corrected chi connectivity index (χ4v) is 3.64. The minimum absolute atomic E-state index is 0.0319. The highest BCUT2D eigenvalue weighted by molar-refractivity contribution is 9.10. The SMILES string of the molecule is CC(C)(C)[S+]([O-])NC(C(=O)O)(c1cccc(Br)c1)C1CC1. The molecule has 2 unspecified atom stereocenters. The maximum atomic E-state index is 12.5. The normalized spacial score (nSPS) is 19.9. The van der Waals surface area contributed by atoms with E-state index in [2.05, 4.69) is 20.7 Å². The molecule has 21 heavy (non-hydrogen) atoms. The molecule has 6 heteroatoms. The van der Waals surface area contributed by atoms with Crippen molar-refractivity contribution in [3.63, 3.8) is 0 Å². The van der Waals surface area contributed by atoms with Crippen LogP contribution in [0.5, 0.6) is 0 Å². The van der Waals surface area contributed by atoms with Crippen molar-refractivity contribution in [1.29, 1.82) is 0 Å². The van der Waals surface area contributed by atoms with Gasteiger partial charge in [0.2, 0.25) is 0 Å². The average Bonchev–Trinajstić information content (AvgIpc) is 3.18. The van der Waals surface area contributed by atoms with Gasteiger partial charge in [0.25, 0.3) is 0 Å². The van der Waals surface area contributed by atoms with Crippen LogP contribution in [0.4, 0.5) is 0 Å². The first-order valence-corrected chi connectivity index (χ1v) is 8.81. The summed E-state index contributed by atoms with van der Waals surface area (Å²) in [4.78, 5) is 12.1. The fraction of sp³-hybridized carbons (Fsp3) is 0.533. The third-order valence-corrected chi connectivity index (χ3v) is 5.73. The maximum Gasteiger partial charge on any atom is 0.333 e. The molecule has 0 heterocycles. The Morgan fingerprint density at radius 2 is 2.05 bits per heavy atom. The van der Waals surface area contributed by atoms with Gasteiger partial charge < -0.3 is 9.66 Å². The van der Waals surface area contributed by atoms with E-state index in [1.807, 2.05) is 26.8 Å². The second kappa shape index (κ2) is 5.91. The zero-order chi connectivity index (χ0) is 15.8. The number of rotatable bonds is 5. The van der Waals surface area contributed by atoms with E-state index in [0.29, 0.717) is 5.56 Å². The van der Waals surface area contributed by atoms with Crippen LogP contribution in [-0.2, 0) is 21.7 Å². The Kier molecular flexibility index (Phi) is 4.73. The molecular formula is C15H20BrNO3S. The molecule has 1 saturated carbocycles. The first-order valence-electron chi connectivity index (χ1n) is 6.87. The van der Waals surface area contributed by atoms with Crippen molar-refractivity contribution >= 4 is 33.3 Å². The Bertz CT molecular complexity index is 542. The van der Waals surface area contributed by atoms with E-state index in [0.717, 1.165) is 17.3 Å². The number of halogens is 1. The second-order valence-electron chi connectivity index (χ2n) is 6.38. The molecule has 1 aliphatic rings. The standard InChI is InChI=1S/C15H20BrNO3S/c1-14(2,3)21(20)17-15(13(18)19,10-7-8-10)11-5-4-6-12(16)9-11/h4-6,9-10,17H,7-8H2,1-3H3,(H,18,19). The van der Waals surface area contributed by atoms with Crippen molar-refractivity contribution in [2.75, 3.05) is 0 Å². The number of benzene rings is 1. The molecule has 1 aromatic carbocycles. The van der Waals surface area contributed by atoms with Crippen LogP contribution in [0.2, 0.25) is 0 Å². The summed E-state index contributed by atoms with van der Waals surface area (Å²) in [5.74, 6) is -1.00. The summed E-state index contributed by atoms with van der Waals surface area (Å²) < 4.78 is 15.7. The van der Waals surface area contributed by atoms with Crippen LogP contribution in [0.25, 0.3) is 0 Å². The summed E-state index contributed by atoms with van der Waals surface area (Å²) >= 11 is 1.92. The van der Waals surface area contributed by atoms with Crippen molar-refractivity contribution in [2.45, 2.75) is 43.9 Å². The first-order chi connectivity index (χ1) is 9.68. The fourth-order valence-electron chi connectivity index (χ4n) is 2.27. The van der Waals surface area contributed by atoms with E-state index in [1.54, 1.807) is 18.2 Å². The largest absolute Gasteiger partial charge is 0.598 e. The Morgan fingerprint density at radius 3 is 2.48 bits per heavy atom. The Morgan fingerprint density at radius 1 is 1.43 bits per heavy atom. The summed E-state index contributed by atoms with van der Waals surface area (Å²) in [6, 6.07) is 7.23. The summed E-state index contributed by atoms with van der Waals surface area (Å²) in [5.41, 5.74) is -0.647. The molecular weight excluding hydrogens is 354 g/mol. The summed E-state index contributed by atoms with van der Waals surface area (Å²) in [5, 5.41) is 9.88. The van der Waals surface area contributed by atoms with Crippen molar-refractivity contribution < 1.29 is 14.5 Å². The van der Waals surface area contributed by atoms with E-state index in [-0.39, 0.29) is 5.92 Å². The quantitative estimate of drug-likeness (QED) is 0.777. The van der Waals surface area contributed by atoms with Crippen molar-refractivity contribution in [3.05, 3.63) is 34.3 Å².